The van der Waals surface area contributed by atoms with Crippen LogP contribution in [0.3, 0.4) is 0 Å². The highest BCUT2D eigenvalue weighted by Gasteiger charge is 2.46. The number of fused-ring (bicyclic) bond motifs is 2. The van der Waals surface area contributed by atoms with Crippen LogP contribution in [0, 0.1) is 0 Å². The molecule has 4 aromatic rings. The zero-order valence-electron chi connectivity index (χ0n) is 20.6. The van der Waals surface area contributed by atoms with Crippen molar-refractivity contribution in [2.75, 3.05) is 0 Å². The van der Waals surface area contributed by atoms with Crippen molar-refractivity contribution in [3.8, 4) is 46.0 Å². The Morgan fingerprint density at radius 2 is 1.23 bits per heavy atom. The van der Waals surface area contributed by atoms with Gasteiger partial charge in [-0.05, 0) is 35.4 Å². The highest BCUT2D eigenvalue weighted by atomic mass is 16.5. The van der Waals surface area contributed by atoms with Gasteiger partial charge in [0.05, 0.1) is 17.9 Å². The molecule has 0 fully saturated rings. The van der Waals surface area contributed by atoms with Crippen LogP contribution in [-0.2, 0) is 0 Å². The van der Waals surface area contributed by atoms with E-state index < -0.39 is 46.9 Å². The average Bonchev–Trinajstić information content (AvgIpc) is 2.89. The summed E-state index contributed by atoms with van der Waals surface area (Å²) in [5, 5.41) is 61.9. The molecule has 10 nitrogen and oxygen atoms in total. The van der Waals surface area contributed by atoms with Crippen molar-refractivity contribution >= 4 is 11.6 Å². The van der Waals surface area contributed by atoms with Gasteiger partial charge in [-0.15, -0.1) is 0 Å². The number of rotatable bonds is 3. The van der Waals surface area contributed by atoms with Crippen LogP contribution in [0.15, 0.2) is 66.7 Å². The first kappa shape index (κ1) is 24.9. The molecule has 0 radical (unpaired) electrons. The van der Waals surface area contributed by atoms with E-state index in [9.17, 15) is 40.2 Å². The van der Waals surface area contributed by atoms with E-state index >= 15 is 0 Å². The molecular weight excluding hydrogens is 520 g/mol. The number of phenols is 6. The molecule has 2 aliphatic rings. The van der Waals surface area contributed by atoms with Crippen molar-refractivity contribution in [1.29, 1.82) is 0 Å². The summed E-state index contributed by atoms with van der Waals surface area (Å²) < 4.78 is 12.3. The van der Waals surface area contributed by atoms with E-state index in [1.54, 1.807) is 12.1 Å². The molecule has 0 aliphatic carbocycles. The monoisotopic (exact) mass is 542 g/mol. The van der Waals surface area contributed by atoms with Gasteiger partial charge in [-0.2, -0.15) is 0 Å². The van der Waals surface area contributed by atoms with Crippen LogP contribution in [0.25, 0.3) is 0 Å². The largest absolute Gasteiger partial charge is 0.508 e. The molecule has 2 heterocycles. The third-order valence-corrected chi connectivity index (χ3v) is 7.14. The lowest BCUT2D eigenvalue weighted by atomic mass is 9.78. The Hall–Kier alpha value is -5.38. The Morgan fingerprint density at radius 1 is 0.625 bits per heavy atom. The molecular formula is C30H22O10. The minimum atomic E-state index is -1.40. The van der Waals surface area contributed by atoms with Crippen molar-refractivity contribution in [2.24, 2.45) is 0 Å². The van der Waals surface area contributed by atoms with Gasteiger partial charge >= 0.3 is 0 Å². The minimum Gasteiger partial charge on any atom is -0.508 e. The molecule has 0 aromatic heterocycles. The fraction of sp³-hybridized carbons (Fsp3) is 0.133. The number of benzene rings is 4. The van der Waals surface area contributed by atoms with Crippen LogP contribution < -0.4 is 9.47 Å². The van der Waals surface area contributed by atoms with Gasteiger partial charge in [0.1, 0.15) is 69.3 Å². The van der Waals surface area contributed by atoms with E-state index in [0.717, 1.165) is 12.1 Å². The lowest BCUT2D eigenvalue weighted by Gasteiger charge is -2.36. The van der Waals surface area contributed by atoms with E-state index in [1.165, 1.54) is 42.5 Å². The van der Waals surface area contributed by atoms with E-state index in [-0.39, 0.29) is 51.9 Å². The zero-order valence-corrected chi connectivity index (χ0v) is 20.6. The van der Waals surface area contributed by atoms with Gasteiger partial charge < -0.3 is 40.1 Å². The molecule has 1 unspecified atom stereocenters. The van der Waals surface area contributed by atoms with Crippen molar-refractivity contribution in [3.63, 3.8) is 0 Å². The number of carbonyl (C=O) groups is 2. The summed E-state index contributed by atoms with van der Waals surface area (Å²) in [5.41, 5.74) is 0.302. The van der Waals surface area contributed by atoms with Crippen molar-refractivity contribution in [1.82, 2.24) is 0 Å². The molecule has 10 heteroatoms. The van der Waals surface area contributed by atoms with Gasteiger partial charge in [0.15, 0.2) is 11.6 Å². The quantitative estimate of drug-likeness (QED) is 0.212. The molecule has 0 saturated heterocycles. The van der Waals surface area contributed by atoms with Gasteiger partial charge in [0.25, 0.3) is 0 Å². The summed E-state index contributed by atoms with van der Waals surface area (Å²) in [4.78, 5) is 27.4. The van der Waals surface area contributed by atoms with E-state index in [0.29, 0.717) is 11.1 Å². The molecule has 202 valence electrons. The molecule has 40 heavy (non-hydrogen) atoms. The minimum absolute atomic E-state index is 0.00784. The molecule has 6 N–H and O–H groups in total. The summed E-state index contributed by atoms with van der Waals surface area (Å²) in [6.45, 7) is 0. The summed E-state index contributed by atoms with van der Waals surface area (Å²) >= 11 is 0. The lowest BCUT2D eigenvalue weighted by Crippen LogP contribution is -2.32. The molecule has 0 spiro atoms. The van der Waals surface area contributed by atoms with Crippen LogP contribution >= 0.6 is 0 Å². The first-order chi connectivity index (χ1) is 19.1. The predicted molar refractivity (Wildman–Crippen MR) is 139 cm³/mol. The standard InChI is InChI=1S/C30H22O10/c31-15-5-1-13(2-6-15)22-12-21(37)24-19(35)11-20(36)26(30(24)39-22)27-28(38)25-18(34)9-17(33)10-23(25)40-29(27)14-3-7-16(32)8-4-14/h1-11,22,27,29,31-36H,12H2/t22?,27-,29+/m0/s1. The number of ether oxygens (including phenoxy) is 2. The van der Waals surface area contributed by atoms with Crippen LogP contribution in [0.5, 0.6) is 46.0 Å². The Bertz CT molecular complexity index is 1670. The average molecular weight is 542 g/mol. The summed E-state index contributed by atoms with van der Waals surface area (Å²) in [5.74, 6) is -4.97. The first-order valence-electron chi connectivity index (χ1n) is 12.3. The van der Waals surface area contributed by atoms with E-state index in [4.69, 9.17) is 9.47 Å². The predicted octanol–water partition coefficient (Wildman–Crippen LogP) is 4.73. The molecule has 3 atom stereocenters. The first-order valence-corrected chi connectivity index (χ1v) is 12.3. The van der Waals surface area contributed by atoms with Gasteiger partial charge in [0.2, 0.25) is 0 Å². The Balaban J connectivity index is 1.57. The second-order valence-corrected chi connectivity index (χ2v) is 9.67. The maximum absolute atomic E-state index is 14.1. The topological polar surface area (TPSA) is 174 Å². The zero-order chi connectivity index (χ0) is 28.3. The molecule has 6 rings (SSSR count). The third kappa shape index (κ3) is 3.97. The molecule has 0 bridgehead atoms. The second-order valence-electron chi connectivity index (χ2n) is 9.67. The van der Waals surface area contributed by atoms with Crippen molar-refractivity contribution in [3.05, 3.63) is 94.5 Å². The number of phenolic OH excluding ortho intramolecular Hbond substituents is 6. The van der Waals surface area contributed by atoms with Crippen LogP contribution in [0.4, 0.5) is 0 Å². The van der Waals surface area contributed by atoms with E-state index in [2.05, 4.69) is 0 Å². The fourth-order valence-electron chi connectivity index (χ4n) is 5.30. The number of hydrogen-bond donors (Lipinski definition) is 6. The van der Waals surface area contributed by atoms with Gasteiger partial charge in [-0.3, -0.25) is 9.59 Å². The van der Waals surface area contributed by atoms with E-state index in [1.807, 2.05) is 0 Å². The number of hydrogen-bond acceptors (Lipinski definition) is 10. The van der Waals surface area contributed by atoms with Gasteiger partial charge in [-0.25, -0.2) is 0 Å². The van der Waals surface area contributed by atoms with Gasteiger partial charge in [-0.1, -0.05) is 24.3 Å². The molecule has 0 amide bonds. The normalized spacial score (nSPS) is 19.8. The van der Waals surface area contributed by atoms with Crippen LogP contribution in [0.2, 0.25) is 0 Å². The van der Waals surface area contributed by atoms with Gasteiger partial charge in [0, 0.05) is 18.2 Å². The number of ketones is 2. The number of carbonyl (C=O) groups excluding carboxylic acids is 2. The SMILES string of the molecule is O=C1CC(c2ccc(O)cc2)Oc2c1c(O)cc(O)c2[C@H]1C(=O)c2c(O)cc(O)cc2O[C@@H]1c1ccc(O)cc1. The Labute approximate surface area is 226 Å². The highest BCUT2D eigenvalue weighted by molar-refractivity contribution is 6.09. The number of Topliss-reactive ketones (excluding diaryl/α,β-unsaturated/α-hetero) is 2. The Kier molecular flexibility index (Phi) is 5.69. The number of aromatic hydroxyl groups is 6. The summed E-state index contributed by atoms with van der Waals surface area (Å²) in [6.07, 6.45) is -2.20. The fourth-order valence-corrected chi connectivity index (χ4v) is 5.30. The maximum Gasteiger partial charge on any atom is 0.182 e. The third-order valence-electron chi connectivity index (χ3n) is 7.14. The summed E-state index contributed by atoms with van der Waals surface area (Å²) in [6, 6.07) is 14.8. The van der Waals surface area contributed by atoms with Crippen LogP contribution in [-0.4, -0.2) is 42.2 Å². The maximum atomic E-state index is 14.1. The molecule has 2 aliphatic heterocycles. The lowest BCUT2D eigenvalue weighted by molar-refractivity contribution is 0.0739. The van der Waals surface area contributed by atoms with Crippen molar-refractivity contribution in [2.45, 2.75) is 24.5 Å². The summed E-state index contributed by atoms with van der Waals surface area (Å²) in [7, 11) is 0. The Morgan fingerprint density at radius 3 is 1.88 bits per heavy atom. The molecule has 4 aromatic carbocycles. The second kappa shape index (κ2) is 9.12. The smallest absolute Gasteiger partial charge is 0.182 e. The van der Waals surface area contributed by atoms with Crippen LogP contribution in [0.1, 0.15) is 62.0 Å². The molecule has 0 saturated carbocycles. The van der Waals surface area contributed by atoms with Crippen molar-refractivity contribution < 1.29 is 49.7 Å². The highest BCUT2D eigenvalue weighted by Crippen LogP contribution is 2.55.